The number of rotatable bonds is 2. The first-order chi connectivity index (χ1) is 21.7. The Morgan fingerprint density at radius 3 is 1.93 bits per heavy atom. The van der Waals surface area contributed by atoms with Gasteiger partial charge in [0.2, 0.25) is 0 Å². The van der Waals surface area contributed by atoms with Gasteiger partial charge in [0.05, 0.1) is 11.4 Å². The van der Waals surface area contributed by atoms with Gasteiger partial charge in [-0.25, -0.2) is 0 Å². The zero-order chi connectivity index (χ0) is 30.7. The smallest absolute Gasteiger partial charge is 0.0503 e. The van der Waals surface area contributed by atoms with Crippen molar-refractivity contribution in [2.75, 3.05) is 4.90 Å². The summed E-state index contributed by atoms with van der Waals surface area (Å²) >= 11 is 0. The van der Waals surface area contributed by atoms with Gasteiger partial charge in [-0.3, -0.25) is 0 Å². The maximum absolute atomic E-state index is 2.51. The first-order valence-electron chi connectivity index (χ1n) is 16.2. The van der Waals surface area contributed by atoms with E-state index in [1.807, 2.05) is 0 Å². The summed E-state index contributed by atoms with van der Waals surface area (Å²) in [5, 5.41) is 0. The average Bonchev–Trinajstić information content (AvgIpc) is 3.53. The number of hydrogen-bond acceptors (Lipinski definition) is 1. The van der Waals surface area contributed by atoms with Crippen LogP contribution < -0.4 is 4.90 Å². The van der Waals surface area contributed by atoms with E-state index in [2.05, 4.69) is 161 Å². The molecule has 218 valence electrons. The van der Waals surface area contributed by atoms with Crippen LogP contribution in [-0.4, -0.2) is 0 Å². The van der Waals surface area contributed by atoms with Gasteiger partial charge in [-0.2, -0.15) is 0 Å². The van der Waals surface area contributed by atoms with Crippen LogP contribution >= 0.6 is 0 Å². The zero-order valence-corrected chi connectivity index (χ0v) is 26.7. The molecule has 0 amide bonds. The third-order valence-electron chi connectivity index (χ3n) is 10.9. The Labute approximate surface area is 266 Å². The van der Waals surface area contributed by atoms with Crippen molar-refractivity contribution in [2.24, 2.45) is 0 Å². The molecule has 3 aliphatic rings. The Morgan fingerprint density at radius 2 is 1.09 bits per heavy atom. The first kappa shape index (κ1) is 26.5. The standard InChI is InChI=1S/C44H37N/c1-27-14-20-41-39(22-27)44(4,5)40-25-29(28-15-16-31-23-30-10-6-7-11-33(30)36(31)24-28)17-21-42(40)45(41)32-18-19-35-34-12-8-9-13-37(34)43(2,3)38(35)26-32/h6-22,24-26H,23H2,1-5H3. The SMILES string of the molecule is Cc1ccc2c(c1)C(C)(C)c1cc(-c3ccc4c(c3)-c3ccccc3C4)ccc1N2c1ccc2c(c1)C(C)(C)c1ccccc1-2. The van der Waals surface area contributed by atoms with E-state index < -0.39 is 0 Å². The van der Waals surface area contributed by atoms with Gasteiger partial charge in [-0.05, 0) is 117 Å². The molecule has 0 spiro atoms. The summed E-state index contributed by atoms with van der Waals surface area (Å²) in [6.45, 7) is 11.7. The molecule has 0 saturated heterocycles. The first-order valence-corrected chi connectivity index (χ1v) is 16.2. The van der Waals surface area contributed by atoms with E-state index in [1.54, 1.807) is 0 Å². The van der Waals surface area contributed by atoms with Crippen LogP contribution in [0.5, 0.6) is 0 Å². The highest BCUT2D eigenvalue weighted by Gasteiger charge is 2.39. The Bertz CT molecular complexity index is 2210. The second-order valence-electron chi connectivity index (χ2n) is 14.3. The maximum Gasteiger partial charge on any atom is 0.0503 e. The Morgan fingerprint density at radius 1 is 0.467 bits per heavy atom. The summed E-state index contributed by atoms with van der Waals surface area (Å²) < 4.78 is 0. The molecular weight excluding hydrogens is 542 g/mol. The highest BCUT2D eigenvalue weighted by Crippen LogP contribution is 2.55. The molecule has 0 saturated carbocycles. The monoisotopic (exact) mass is 579 g/mol. The van der Waals surface area contributed by atoms with Crippen molar-refractivity contribution in [3.05, 3.63) is 160 Å². The van der Waals surface area contributed by atoms with Gasteiger partial charge in [0.25, 0.3) is 0 Å². The number of hydrogen-bond donors (Lipinski definition) is 0. The molecule has 0 unspecified atom stereocenters. The second kappa shape index (κ2) is 9.08. The fourth-order valence-electron chi connectivity index (χ4n) is 8.44. The van der Waals surface area contributed by atoms with Crippen LogP contribution in [0.25, 0.3) is 33.4 Å². The fourth-order valence-corrected chi connectivity index (χ4v) is 8.44. The van der Waals surface area contributed by atoms with E-state index in [0.717, 1.165) is 6.42 Å². The number of nitrogens with zero attached hydrogens (tertiary/aromatic N) is 1. The second-order valence-corrected chi connectivity index (χ2v) is 14.3. The summed E-state index contributed by atoms with van der Waals surface area (Å²) in [6.07, 6.45) is 1.02. The molecular formula is C44H37N. The maximum atomic E-state index is 2.51. The van der Waals surface area contributed by atoms with E-state index >= 15 is 0 Å². The summed E-state index contributed by atoms with van der Waals surface area (Å²) in [5.41, 5.74) is 21.3. The summed E-state index contributed by atoms with van der Waals surface area (Å²) in [5.74, 6) is 0. The number of fused-ring (bicyclic) bond motifs is 8. The molecule has 1 heterocycles. The molecule has 0 radical (unpaired) electrons. The van der Waals surface area contributed by atoms with Crippen molar-refractivity contribution in [3.63, 3.8) is 0 Å². The van der Waals surface area contributed by atoms with Crippen molar-refractivity contribution < 1.29 is 0 Å². The quantitative estimate of drug-likeness (QED) is 0.197. The normalized spacial score (nSPS) is 15.9. The lowest BCUT2D eigenvalue weighted by Crippen LogP contribution is -2.31. The Hall–Kier alpha value is -4.88. The van der Waals surface area contributed by atoms with Gasteiger partial charge in [-0.1, -0.05) is 118 Å². The lowest BCUT2D eigenvalue weighted by molar-refractivity contribution is 0.631. The van der Waals surface area contributed by atoms with E-state index in [-0.39, 0.29) is 10.8 Å². The van der Waals surface area contributed by atoms with Crippen LogP contribution in [-0.2, 0) is 17.3 Å². The Kier molecular flexibility index (Phi) is 5.35. The van der Waals surface area contributed by atoms with Crippen LogP contribution in [0.4, 0.5) is 17.1 Å². The highest BCUT2D eigenvalue weighted by molar-refractivity contribution is 5.91. The van der Waals surface area contributed by atoms with Crippen molar-refractivity contribution in [1.29, 1.82) is 0 Å². The minimum absolute atomic E-state index is 0.0496. The summed E-state index contributed by atoms with van der Waals surface area (Å²) in [4.78, 5) is 2.51. The predicted octanol–water partition coefficient (Wildman–Crippen LogP) is 11.6. The molecule has 6 aromatic carbocycles. The van der Waals surface area contributed by atoms with Crippen molar-refractivity contribution in [3.8, 4) is 33.4 Å². The van der Waals surface area contributed by atoms with Crippen molar-refractivity contribution in [2.45, 2.75) is 51.9 Å². The molecule has 1 aliphatic heterocycles. The molecule has 1 heteroatoms. The van der Waals surface area contributed by atoms with E-state index in [4.69, 9.17) is 0 Å². The molecule has 2 aliphatic carbocycles. The van der Waals surface area contributed by atoms with Crippen molar-refractivity contribution in [1.82, 2.24) is 0 Å². The summed E-state index contributed by atoms with van der Waals surface area (Å²) in [6, 6.07) is 46.1. The van der Waals surface area contributed by atoms with Crippen LogP contribution in [0, 0.1) is 6.92 Å². The molecule has 9 rings (SSSR count). The lowest BCUT2D eigenvalue weighted by atomic mass is 9.72. The van der Waals surface area contributed by atoms with Crippen LogP contribution in [0.3, 0.4) is 0 Å². The van der Waals surface area contributed by atoms with Crippen molar-refractivity contribution >= 4 is 17.1 Å². The van der Waals surface area contributed by atoms with Gasteiger partial charge in [0, 0.05) is 16.5 Å². The summed E-state index contributed by atoms with van der Waals surface area (Å²) in [7, 11) is 0. The van der Waals surface area contributed by atoms with E-state index in [0.29, 0.717) is 0 Å². The van der Waals surface area contributed by atoms with Gasteiger partial charge in [0.1, 0.15) is 0 Å². The third kappa shape index (κ3) is 3.67. The minimum atomic E-state index is -0.154. The number of benzene rings is 6. The lowest BCUT2D eigenvalue weighted by Gasteiger charge is -2.42. The number of aryl methyl sites for hydroxylation is 1. The van der Waals surface area contributed by atoms with Gasteiger partial charge >= 0.3 is 0 Å². The molecule has 0 bridgehead atoms. The average molecular weight is 580 g/mol. The molecule has 45 heavy (non-hydrogen) atoms. The third-order valence-corrected chi connectivity index (χ3v) is 10.9. The van der Waals surface area contributed by atoms with Crippen LogP contribution in [0.2, 0.25) is 0 Å². The molecule has 0 aromatic heterocycles. The number of anilines is 3. The highest BCUT2D eigenvalue weighted by atomic mass is 15.2. The van der Waals surface area contributed by atoms with Gasteiger partial charge in [-0.15, -0.1) is 0 Å². The van der Waals surface area contributed by atoms with Crippen LogP contribution in [0.15, 0.2) is 121 Å². The predicted molar refractivity (Wildman–Crippen MR) is 189 cm³/mol. The molecule has 1 nitrogen and oxygen atoms in total. The molecule has 0 atom stereocenters. The van der Waals surface area contributed by atoms with Crippen LogP contribution in [0.1, 0.15) is 66.6 Å². The topological polar surface area (TPSA) is 3.24 Å². The molecule has 0 N–H and O–H groups in total. The molecule has 6 aromatic rings. The van der Waals surface area contributed by atoms with Gasteiger partial charge < -0.3 is 4.90 Å². The van der Waals surface area contributed by atoms with Gasteiger partial charge in [0.15, 0.2) is 0 Å². The minimum Gasteiger partial charge on any atom is -0.310 e. The zero-order valence-electron chi connectivity index (χ0n) is 26.7. The largest absolute Gasteiger partial charge is 0.310 e. The Balaban J connectivity index is 1.22. The van der Waals surface area contributed by atoms with E-state index in [1.165, 1.54) is 89.4 Å². The fraction of sp³-hybridized carbons (Fsp3) is 0.182. The van der Waals surface area contributed by atoms with E-state index in [9.17, 15) is 0 Å². The molecule has 0 fully saturated rings.